The Labute approximate surface area is 119 Å². The average Bonchev–Trinajstić information content (AvgIpc) is 2.76. The normalized spacial score (nSPS) is 16.9. The Hall–Kier alpha value is -1.60. The van der Waals surface area contributed by atoms with E-state index < -0.39 is 0 Å². The number of aromatic nitrogens is 2. The van der Waals surface area contributed by atoms with Crippen LogP contribution in [0.3, 0.4) is 0 Å². The number of nitrogens with zero attached hydrogens (tertiary/aromatic N) is 5. The number of aryl methyl sites for hydroxylation is 1. The summed E-state index contributed by atoms with van der Waals surface area (Å²) in [6, 6.07) is 0. The molecule has 0 radical (unpaired) electrons. The van der Waals surface area contributed by atoms with Crippen LogP contribution in [0.25, 0.3) is 0 Å². The van der Waals surface area contributed by atoms with Crippen molar-refractivity contribution in [1.82, 2.24) is 24.5 Å². The van der Waals surface area contributed by atoms with Crippen LogP contribution in [0.5, 0.6) is 0 Å². The van der Waals surface area contributed by atoms with E-state index in [1.54, 1.807) is 11.7 Å². The molecule has 1 amide bonds. The predicted octanol–water partition coefficient (Wildman–Crippen LogP) is -0.678. The lowest BCUT2D eigenvalue weighted by Crippen LogP contribution is -2.50. The van der Waals surface area contributed by atoms with Crippen LogP contribution in [0, 0.1) is 0 Å². The summed E-state index contributed by atoms with van der Waals surface area (Å²) in [6.45, 7) is 5.41. The molecule has 1 aromatic heterocycles. The molecule has 0 spiro atoms. The molecule has 1 aliphatic rings. The maximum absolute atomic E-state index is 12.4. The van der Waals surface area contributed by atoms with E-state index in [-0.39, 0.29) is 5.91 Å². The van der Waals surface area contributed by atoms with Gasteiger partial charge in [-0.3, -0.25) is 14.4 Å². The number of amides is 1. The summed E-state index contributed by atoms with van der Waals surface area (Å²) in [4.78, 5) is 18.9. The lowest BCUT2D eigenvalue weighted by molar-refractivity contribution is 0.0620. The molecule has 1 saturated heterocycles. The number of carbonyl (C=O) groups excluding carboxylic acids is 1. The second kappa shape index (κ2) is 6.23. The first kappa shape index (κ1) is 14.8. The maximum atomic E-state index is 12.4. The van der Waals surface area contributed by atoms with Crippen LogP contribution in [-0.2, 0) is 7.05 Å². The fraction of sp³-hybridized carbons (Fsp3) is 0.692. The lowest BCUT2D eigenvalue weighted by Gasteiger charge is -2.35. The molecular formula is C13H24N6O. The SMILES string of the molecule is CN(C)CCN1CCN(C(=O)c2c(N)cnn2C)CC1. The van der Waals surface area contributed by atoms with Gasteiger partial charge in [0, 0.05) is 46.3 Å². The fourth-order valence-corrected chi connectivity index (χ4v) is 2.38. The van der Waals surface area contributed by atoms with Crippen molar-refractivity contribution in [3.63, 3.8) is 0 Å². The molecule has 1 fully saturated rings. The van der Waals surface area contributed by atoms with E-state index in [2.05, 4.69) is 29.0 Å². The molecule has 0 saturated carbocycles. The van der Waals surface area contributed by atoms with Gasteiger partial charge in [0.1, 0.15) is 5.69 Å². The van der Waals surface area contributed by atoms with Crippen LogP contribution in [0.2, 0.25) is 0 Å². The van der Waals surface area contributed by atoms with Gasteiger partial charge in [-0.2, -0.15) is 5.10 Å². The number of rotatable bonds is 4. The van der Waals surface area contributed by atoms with Crippen molar-refractivity contribution < 1.29 is 4.79 Å². The van der Waals surface area contributed by atoms with Gasteiger partial charge < -0.3 is 15.5 Å². The number of anilines is 1. The van der Waals surface area contributed by atoms with E-state index in [0.717, 1.165) is 39.3 Å². The predicted molar refractivity (Wildman–Crippen MR) is 78.5 cm³/mol. The van der Waals surface area contributed by atoms with Crippen LogP contribution in [0.1, 0.15) is 10.5 Å². The van der Waals surface area contributed by atoms with Crippen LogP contribution in [0.4, 0.5) is 5.69 Å². The molecule has 2 rings (SSSR count). The standard InChI is InChI=1S/C13H24N6O/c1-16(2)4-5-18-6-8-19(9-7-18)13(20)12-11(14)10-15-17(12)3/h10H,4-9,14H2,1-3H3. The zero-order valence-electron chi connectivity index (χ0n) is 12.5. The van der Waals surface area contributed by atoms with Crippen molar-refractivity contribution in [1.29, 1.82) is 0 Å². The first-order valence-corrected chi connectivity index (χ1v) is 6.93. The van der Waals surface area contributed by atoms with Gasteiger partial charge in [0.05, 0.1) is 11.9 Å². The molecule has 2 N–H and O–H groups in total. The van der Waals surface area contributed by atoms with E-state index in [0.29, 0.717) is 11.4 Å². The summed E-state index contributed by atoms with van der Waals surface area (Å²) in [5, 5.41) is 4.02. The summed E-state index contributed by atoms with van der Waals surface area (Å²) < 4.78 is 1.55. The van der Waals surface area contributed by atoms with Gasteiger partial charge in [0.25, 0.3) is 5.91 Å². The third-order valence-corrected chi connectivity index (χ3v) is 3.69. The third kappa shape index (κ3) is 3.29. The molecular weight excluding hydrogens is 256 g/mol. The summed E-state index contributed by atoms with van der Waals surface area (Å²) in [6.07, 6.45) is 1.53. The van der Waals surface area contributed by atoms with Crippen LogP contribution in [0.15, 0.2) is 6.20 Å². The van der Waals surface area contributed by atoms with E-state index >= 15 is 0 Å². The Balaban J connectivity index is 1.89. The van der Waals surface area contributed by atoms with Crippen LogP contribution < -0.4 is 5.73 Å². The fourth-order valence-electron chi connectivity index (χ4n) is 2.38. The van der Waals surface area contributed by atoms with Crippen molar-refractivity contribution in [2.75, 3.05) is 59.1 Å². The Morgan fingerprint density at radius 3 is 2.50 bits per heavy atom. The zero-order valence-corrected chi connectivity index (χ0v) is 12.5. The summed E-state index contributed by atoms with van der Waals surface area (Å²) in [5.41, 5.74) is 6.75. The number of nitrogen functional groups attached to an aromatic ring is 1. The summed E-state index contributed by atoms with van der Waals surface area (Å²) in [5.74, 6) is -0.0187. The van der Waals surface area contributed by atoms with Gasteiger partial charge in [-0.1, -0.05) is 0 Å². The van der Waals surface area contributed by atoms with Crippen LogP contribution >= 0.6 is 0 Å². The van der Waals surface area contributed by atoms with Crippen molar-refractivity contribution in [3.05, 3.63) is 11.9 Å². The quantitative estimate of drug-likeness (QED) is 0.791. The average molecular weight is 280 g/mol. The summed E-state index contributed by atoms with van der Waals surface area (Å²) in [7, 11) is 5.90. The first-order chi connectivity index (χ1) is 9.49. The minimum absolute atomic E-state index is 0.0187. The molecule has 0 aliphatic carbocycles. The second-order valence-electron chi connectivity index (χ2n) is 5.51. The smallest absolute Gasteiger partial charge is 0.274 e. The van der Waals surface area contributed by atoms with Crippen molar-refractivity contribution >= 4 is 11.6 Å². The van der Waals surface area contributed by atoms with Crippen molar-refractivity contribution in [2.24, 2.45) is 7.05 Å². The molecule has 0 bridgehead atoms. The highest BCUT2D eigenvalue weighted by molar-refractivity contribution is 5.97. The van der Waals surface area contributed by atoms with E-state index in [1.165, 1.54) is 6.20 Å². The molecule has 0 aromatic carbocycles. The molecule has 1 aliphatic heterocycles. The number of likely N-dealkylation sites (N-methyl/N-ethyl adjacent to an activating group) is 1. The summed E-state index contributed by atoms with van der Waals surface area (Å²) >= 11 is 0. The molecule has 7 heteroatoms. The molecule has 0 unspecified atom stereocenters. The van der Waals surface area contributed by atoms with Crippen molar-refractivity contribution in [3.8, 4) is 0 Å². The van der Waals surface area contributed by atoms with Gasteiger partial charge >= 0.3 is 0 Å². The molecule has 7 nitrogen and oxygen atoms in total. The van der Waals surface area contributed by atoms with Crippen LogP contribution in [-0.4, -0.2) is 83.8 Å². The minimum Gasteiger partial charge on any atom is -0.396 e. The zero-order chi connectivity index (χ0) is 14.7. The molecule has 2 heterocycles. The van der Waals surface area contributed by atoms with E-state index in [9.17, 15) is 4.79 Å². The third-order valence-electron chi connectivity index (χ3n) is 3.69. The topological polar surface area (TPSA) is 70.6 Å². The number of hydrogen-bond acceptors (Lipinski definition) is 5. The van der Waals surface area contributed by atoms with Gasteiger partial charge in [-0.25, -0.2) is 0 Å². The lowest BCUT2D eigenvalue weighted by atomic mass is 10.2. The first-order valence-electron chi connectivity index (χ1n) is 6.93. The highest BCUT2D eigenvalue weighted by Gasteiger charge is 2.25. The maximum Gasteiger partial charge on any atom is 0.274 e. The number of nitrogens with two attached hydrogens (primary N) is 1. The van der Waals surface area contributed by atoms with E-state index in [4.69, 9.17) is 5.73 Å². The second-order valence-corrected chi connectivity index (χ2v) is 5.51. The monoisotopic (exact) mass is 280 g/mol. The Bertz CT molecular complexity index is 442. The van der Waals surface area contributed by atoms with Gasteiger partial charge in [-0.05, 0) is 14.1 Å². The number of carbonyl (C=O) groups is 1. The van der Waals surface area contributed by atoms with Crippen molar-refractivity contribution in [2.45, 2.75) is 0 Å². The minimum atomic E-state index is -0.0187. The number of hydrogen-bond donors (Lipinski definition) is 1. The van der Waals surface area contributed by atoms with Gasteiger partial charge in [-0.15, -0.1) is 0 Å². The van der Waals surface area contributed by atoms with Gasteiger partial charge in [0.15, 0.2) is 0 Å². The molecule has 1 aromatic rings. The largest absolute Gasteiger partial charge is 0.396 e. The van der Waals surface area contributed by atoms with Gasteiger partial charge in [0.2, 0.25) is 0 Å². The highest BCUT2D eigenvalue weighted by Crippen LogP contribution is 2.14. The Morgan fingerprint density at radius 1 is 1.35 bits per heavy atom. The Morgan fingerprint density at radius 2 is 2.00 bits per heavy atom. The molecule has 20 heavy (non-hydrogen) atoms. The van der Waals surface area contributed by atoms with E-state index in [1.807, 2.05) is 4.90 Å². The molecule has 0 atom stereocenters. The Kier molecular flexibility index (Phi) is 4.61. The number of piperazine rings is 1. The molecule has 112 valence electrons. The highest BCUT2D eigenvalue weighted by atomic mass is 16.2.